The average molecular weight is 275 g/mol. The molecule has 0 aromatic heterocycles. The van der Waals surface area contributed by atoms with Crippen molar-refractivity contribution < 1.29 is 9.59 Å². The Morgan fingerprint density at radius 1 is 1.40 bits per heavy atom. The van der Waals surface area contributed by atoms with Crippen LogP contribution in [0.4, 0.5) is 0 Å². The van der Waals surface area contributed by atoms with Crippen molar-refractivity contribution in [2.45, 2.75) is 25.9 Å². The van der Waals surface area contributed by atoms with E-state index in [2.05, 4.69) is 10.6 Å². The van der Waals surface area contributed by atoms with E-state index in [1.165, 1.54) is 0 Å². The van der Waals surface area contributed by atoms with E-state index in [0.29, 0.717) is 19.6 Å². The number of carbonyl (C=O) groups is 2. The third kappa shape index (κ3) is 3.81. The minimum atomic E-state index is -0.404. The van der Waals surface area contributed by atoms with Gasteiger partial charge in [-0.1, -0.05) is 30.3 Å². The van der Waals surface area contributed by atoms with Crippen molar-refractivity contribution in [2.75, 3.05) is 19.6 Å². The van der Waals surface area contributed by atoms with Gasteiger partial charge in [-0.05, 0) is 12.5 Å². The maximum Gasteiger partial charge on any atom is 0.240 e. The van der Waals surface area contributed by atoms with E-state index in [1.807, 2.05) is 42.2 Å². The zero-order chi connectivity index (χ0) is 14.4. The molecule has 1 atom stereocenters. The molecule has 1 unspecified atom stereocenters. The number of nitrogens with zero attached hydrogens (tertiary/aromatic N) is 1. The lowest BCUT2D eigenvalue weighted by atomic mass is 10.1. The van der Waals surface area contributed by atoms with Gasteiger partial charge in [0.15, 0.2) is 0 Å². The molecule has 20 heavy (non-hydrogen) atoms. The van der Waals surface area contributed by atoms with Gasteiger partial charge in [0.25, 0.3) is 0 Å². The number of rotatable bonds is 5. The number of hydrogen-bond donors (Lipinski definition) is 2. The molecule has 2 N–H and O–H groups in total. The number of benzene rings is 1. The lowest BCUT2D eigenvalue weighted by Gasteiger charge is -2.33. The Morgan fingerprint density at radius 2 is 2.15 bits per heavy atom. The van der Waals surface area contributed by atoms with E-state index in [1.54, 1.807) is 0 Å². The zero-order valence-electron chi connectivity index (χ0n) is 11.8. The normalized spacial score (nSPS) is 18.9. The molecule has 1 saturated heterocycles. The lowest BCUT2D eigenvalue weighted by Crippen LogP contribution is -2.55. The van der Waals surface area contributed by atoms with Crippen LogP contribution in [0.2, 0.25) is 0 Å². The van der Waals surface area contributed by atoms with Gasteiger partial charge in [0, 0.05) is 26.2 Å². The third-order valence-corrected chi connectivity index (χ3v) is 3.36. The summed E-state index contributed by atoms with van der Waals surface area (Å²) in [5, 5.41) is 5.85. The number of nitrogens with one attached hydrogen (secondary N) is 2. The molecule has 1 fully saturated rings. The maximum atomic E-state index is 12.4. The monoisotopic (exact) mass is 275 g/mol. The molecule has 108 valence electrons. The number of hydrogen-bond acceptors (Lipinski definition) is 3. The smallest absolute Gasteiger partial charge is 0.240 e. The maximum absolute atomic E-state index is 12.4. The second-order valence-corrected chi connectivity index (χ2v) is 4.91. The fourth-order valence-corrected chi connectivity index (χ4v) is 2.37. The summed E-state index contributed by atoms with van der Waals surface area (Å²) in [4.78, 5) is 25.8. The largest absolute Gasteiger partial charge is 0.356 e. The Balaban J connectivity index is 1.94. The first-order valence-electron chi connectivity index (χ1n) is 7.03. The van der Waals surface area contributed by atoms with Crippen LogP contribution in [0.3, 0.4) is 0 Å². The van der Waals surface area contributed by atoms with Crippen LogP contribution in [-0.2, 0) is 16.1 Å². The molecule has 0 radical (unpaired) electrons. The predicted molar refractivity (Wildman–Crippen MR) is 77.0 cm³/mol. The number of carbonyl (C=O) groups excluding carboxylic acids is 2. The van der Waals surface area contributed by atoms with Gasteiger partial charge < -0.3 is 15.5 Å². The van der Waals surface area contributed by atoms with Gasteiger partial charge in [0.1, 0.15) is 0 Å². The minimum absolute atomic E-state index is 0.00589. The fraction of sp³-hybridized carbons (Fsp3) is 0.467. The summed E-state index contributed by atoms with van der Waals surface area (Å²) in [5.74, 6) is -0.0775. The highest BCUT2D eigenvalue weighted by Gasteiger charge is 2.29. The molecule has 2 amide bonds. The van der Waals surface area contributed by atoms with Gasteiger partial charge in [-0.15, -0.1) is 0 Å². The highest BCUT2D eigenvalue weighted by molar-refractivity contribution is 5.88. The molecule has 5 heteroatoms. The zero-order valence-corrected chi connectivity index (χ0v) is 11.8. The van der Waals surface area contributed by atoms with Crippen LogP contribution >= 0.6 is 0 Å². The topological polar surface area (TPSA) is 61.4 Å². The Labute approximate surface area is 119 Å². The summed E-state index contributed by atoms with van der Waals surface area (Å²) in [6, 6.07) is 9.50. The molecular weight excluding hydrogens is 254 g/mol. The van der Waals surface area contributed by atoms with E-state index in [9.17, 15) is 9.59 Å². The van der Waals surface area contributed by atoms with Crippen molar-refractivity contribution in [3.8, 4) is 0 Å². The molecule has 0 saturated carbocycles. The molecule has 1 heterocycles. The minimum Gasteiger partial charge on any atom is -0.356 e. The SMILES string of the molecule is CCNC(=O)CC1NCCN(Cc2ccccc2)C1=O. The predicted octanol–water partition coefficient (Wildman–Crippen LogP) is 0.513. The summed E-state index contributed by atoms with van der Waals surface area (Å²) < 4.78 is 0. The van der Waals surface area contributed by atoms with Crippen LogP contribution in [0.25, 0.3) is 0 Å². The summed E-state index contributed by atoms with van der Waals surface area (Å²) in [6.07, 6.45) is 0.206. The first kappa shape index (κ1) is 14.5. The molecule has 1 aromatic carbocycles. The van der Waals surface area contributed by atoms with Crippen LogP contribution in [0.1, 0.15) is 18.9 Å². The highest BCUT2D eigenvalue weighted by Crippen LogP contribution is 2.10. The first-order valence-corrected chi connectivity index (χ1v) is 7.03. The Morgan fingerprint density at radius 3 is 2.85 bits per heavy atom. The average Bonchev–Trinajstić information content (AvgIpc) is 2.45. The standard InChI is InChI=1S/C15H21N3O2/c1-2-16-14(19)10-13-15(20)18(9-8-17-13)11-12-6-4-3-5-7-12/h3-7,13,17H,2,8-11H2,1H3,(H,16,19). The van der Waals surface area contributed by atoms with Crippen molar-refractivity contribution in [1.82, 2.24) is 15.5 Å². The number of piperazine rings is 1. The van der Waals surface area contributed by atoms with E-state index >= 15 is 0 Å². The van der Waals surface area contributed by atoms with E-state index in [-0.39, 0.29) is 18.2 Å². The lowest BCUT2D eigenvalue weighted by molar-refractivity contribution is -0.138. The second kappa shape index (κ2) is 7.05. The first-order chi connectivity index (χ1) is 9.70. The molecule has 0 bridgehead atoms. The van der Waals surface area contributed by atoms with Gasteiger partial charge in [-0.3, -0.25) is 9.59 Å². The molecule has 5 nitrogen and oxygen atoms in total. The van der Waals surface area contributed by atoms with Gasteiger partial charge >= 0.3 is 0 Å². The van der Waals surface area contributed by atoms with E-state index in [0.717, 1.165) is 12.1 Å². The van der Waals surface area contributed by atoms with Crippen LogP contribution < -0.4 is 10.6 Å². The van der Waals surface area contributed by atoms with E-state index in [4.69, 9.17) is 0 Å². The molecule has 0 aliphatic carbocycles. The third-order valence-electron chi connectivity index (χ3n) is 3.36. The van der Waals surface area contributed by atoms with Crippen LogP contribution in [0.5, 0.6) is 0 Å². The van der Waals surface area contributed by atoms with Crippen molar-refractivity contribution in [1.29, 1.82) is 0 Å². The molecule has 0 spiro atoms. The highest BCUT2D eigenvalue weighted by atomic mass is 16.2. The Bertz CT molecular complexity index is 461. The quantitative estimate of drug-likeness (QED) is 0.823. The molecule has 2 rings (SSSR count). The molecule has 1 aliphatic heterocycles. The second-order valence-electron chi connectivity index (χ2n) is 4.91. The van der Waals surface area contributed by atoms with Gasteiger partial charge in [0.2, 0.25) is 11.8 Å². The van der Waals surface area contributed by atoms with E-state index < -0.39 is 6.04 Å². The van der Waals surface area contributed by atoms with Crippen LogP contribution in [-0.4, -0.2) is 42.4 Å². The summed E-state index contributed by atoms with van der Waals surface area (Å²) >= 11 is 0. The molecular formula is C15H21N3O2. The molecule has 1 aromatic rings. The van der Waals surface area contributed by atoms with Gasteiger partial charge in [0.05, 0.1) is 12.5 Å². The summed E-state index contributed by atoms with van der Waals surface area (Å²) in [7, 11) is 0. The summed E-state index contributed by atoms with van der Waals surface area (Å²) in [5.41, 5.74) is 1.11. The number of amides is 2. The van der Waals surface area contributed by atoms with Crippen LogP contribution in [0.15, 0.2) is 30.3 Å². The van der Waals surface area contributed by atoms with Crippen molar-refractivity contribution >= 4 is 11.8 Å². The fourth-order valence-electron chi connectivity index (χ4n) is 2.37. The Kier molecular flexibility index (Phi) is 5.12. The van der Waals surface area contributed by atoms with Crippen molar-refractivity contribution in [3.63, 3.8) is 0 Å². The Hall–Kier alpha value is -1.88. The molecule has 1 aliphatic rings. The van der Waals surface area contributed by atoms with Crippen LogP contribution in [0, 0.1) is 0 Å². The van der Waals surface area contributed by atoms with Gasteiger partial charge in [-0.25, -0.2) is 0 Å². The summed E-state index contributed by atoms with van der Waals surface area (Å²) in [6.45, 7) is 4.47. The van der Waals surface area contributed by atoms with Crippen molar-refractivity contribution in [2.24, 2.45) is 0 Å². The van der Waals surface area contributed by atoms with Gasteiger partial charge in [-0.2, -0.15) is 0 Å². The van der Waals surface area contributed by atoms with Crippen molar-refractivity contribution in [3.05, 3.63) is 35.9 Å².